The van der Waals surface area contributed by atoms with Crippen LogP contribution in [0.25, 0.3) is 17.4 Å². The van der Waals surface area contributed by atoms with Gasteiger partial charge in [-0.2, -0.15) is 5.26 Å². The van der Waals surface area contributed by atoms with Crippen LogP contribution < -0.4 is 0 Å². The molecular formula is C18H16ClNO3. The second-order valence-electron chi connectivity index (χ2n) is 5.00. The number of halogens is 1. The molecule has 118 valence electrons. The Kier molecular flexibility index (Phi) is 5.61. The van der Waals surface area contributed by atoms with Crippen molar-refractivity contribution < 1.29 is 13.9 Å². The molecule has 0 unspecified atom stereocenters. The molecule has 0 spiro atoms. The zero-order chi connectivity index (χ0) is 16.8. The summed E-state index contributed by atoms with van der Waals surface area (Å²) in [6.45, 7) is 3.68. The molecule has 0 bridgehead atoms. The van der Waals surface area contributed by atoms with Crippen molar-refractivity contribution in [3.8, 4) is 17.4 Å². The Morgan fingerprint density at radius 2 is 2.04 bits per heavy atom. The second-order valence-corrected chi connectivity index (χ2v) is 5.44. The number of esters is 1. The topological polar surface area (TPSA) is 63.2 Å². The van der Waals surface area contributed by atoms with Crippen LogP contribution in [0.1, 0.15) is 26.0 Å². The van der Waals surface area contributed by atoms with Gasteiger partial charge in [-0.3, -0.25) is 0 Å². The molecule has 0 fully saturated rings. The van der Waals surface area contributed by atoms with Crippen LogP contribution in [-0.2, 0) is 9.53 Å². The Morgan fingerprint density at radius 3 is 2.65 bits per heavy atom. The molecule has 4 nitrogen and oxygen atoms in total. The highest BCUT2D eigenvalue weighted by Crippen LogP contribution is 2.25. The molecule has 0 saturated heterocycles. The zero-order valence-corrected chi connectivity index (χ0v) is 13.6. The summed E-state index contributed by atoms with van der Waals surface area (Å²) in [5.74, 6) is 0.388. The monoisotopic (exact) mass is 329 g/mol. The number of rotatable bonds is 5. The van der Waals surface area contributed by atoms with E-state index in [0.29, 0.717) is 23.0 Å². The maximum absolute atomic E-state index is 11.9. The average Bonchev–Trinajstić information content (AvgIpc) is 3.01. The van der Waals surface area contributed by atoms with Gasteiger partial charge in [-0.05, 0) is 49.7 Å². The zero-order valence-electron chi connectivity index (χ0n) is 12.9. The van der Waals surface area contributed by atoms with Crippen molar-refractivity contribution in [3.05, 3.63) is 52.8 Å². The number of carbonyl (C=O) groups excluding carboxylic acids is 1. The number of carbonyl (C=O) groups is 1. The third kappa shape index (κ3) is 4.48. The maximum atomic E-state index is 11.9. The predicted octanol–water partition coefficient (Wildman–Crippen LogP) is 4.85. The third-order valence-corrected chi connectivity index (χ3v) is 3.52. The van der Waals surface area contributed by atoms with Crippen molar-refractivity contribution >= 4 is 23.6 Å². The number of hydrogen-bond acceptors (Lipinski definition) is 4. The fraction of sp³-hybridized carbons (Fsp3) is 0.222. The van der Waals surface area contributed by atoms with E-state index in [9.17, 15) is 4.79 Å². The normalized spacial score (nSPS) is 12.5. The van der Waals surface area contributed by atoms with Crippen LogP contribution in [0, 0.1) is 11.3 Å². The summed E-state index contributed by atoms with van der Waals surface area (Å²) in [6.07, 6.45) is 1.83. The molecule has 0 aliphatic rings. The van der Waals surface area contributed by atoms with Gasteiger partial charge in [0.1, 0.15) is 23.2 Å². The third-order valence-electron chi connectivity index (χ3n) is 3.27. The van der Waals surface area contributed by atoms with Crippen molar-refractivity contribution in [3.63, 3.8) is 0 Å². The first-order valence-corrected chi connectivity index (χ1v) is 7.59. The molecule has 2 aromatic rings. The van der Waals surface area contributed by atoms with Crippen LogP contribution in [0.15, 0.2) is 46.4 Å². The SMILES string of the molecule is CC[C@@H](C)OC(=O)/C(C#N)=C/c1ccc(-c2ccc(Cl)cc2)o1. The Balaban J connectivity index is 2.20. The quantitative estimate of drug-likeness (QED) is 0.447. The molecule has 1 atom stereocenters. The lowest BCUT2D eigenvalue weighted by atomic mass is 10.2. The lowest BCUT2D eigenvalue weighted by molar-refractivity contribution is -0.142. The van der Waals surface area contributed by atoms with E-state index in [1.165, 1.54) is 6.08 Å². The molecule has 1 heterocycles. The first-order chi connectivity index (χ1) is 11.0. The average molecular weight is 330 g/mol. The molecule has 0 saturated carbocycles. The lowest BCUT2D eigenvalue weighted by Gasteiger charge is -2.09. The summed E-state index contributed by atoms with van der Waals surface area (Å²) in [4.78, 5) is 11.9. The Morgan fingerprint density at radius 1 is 1.35 bits per heavy atom. The number of ether oxygens (including phenoxy) is 1. The Labute approximate surface area is 139 Å². The summed E-state index contributed by atoms with van der Waals surface area (Å²) >= 11 is 5.85. The van der Waals surface area contributed by atoms with Crippen molar-refractivity contribution in [1.29, 1.82) is 5.26 Å². The van der Waals surface area contributed by atoms with Gasteiger partial charge in [0.25, 0.3) is 0 Å². The van der Waals surface area contributed by atoms with Gasteiger partial charge in [-0.1, -0.05) is 18.5 Å². The van der Waals surface area contributed by atoms with Gasteiger partial charge in [-0.15, -0.1) is 0 Å². The number of nitriles is 1. The van der Waals surface area contributed by atoms with Gasteiger partial charge in [0.05, 0.1) is 6.10 Å². The van der Waals surface area contributed by atoms with Gasteiger partial charge >= 0.3 is 5.97 Å². The predicted molar refractivity (Wildman–Crippen MR) is 88.6 cm³/mol. The van der Waals surface area contributed by atoms with Crippen molar-refractivity contribution in [2.75, 3.05) is 0 Å². The highest BCUT2D eigenvalue weighted by molar-refractivity contribution is 6.30. The van der Waals surface area contributed by atoms with Crippen molar-refractivity contribution in [2.24, 2.45) is 0 Å². The molecule has 0 N–H and O–H groups in total. The smallest absolute Gasteiger partial charge is 0.349 e. The van der Waals surface area contributed by atoms with E-state index < -0.39 is 5.97 Å². The fourth-order valence-corrected chi connectivity index (χ4v) is 1.93. The second kappa shape index (κ2) is 7.66. The van der Waals surface area contributed by atoms with E-state index in [4.69, 9.17) is 26.0 Å². The van der Waals surface area contributed by atoms with E-state index in [1.807, 2.05) is 25.1 Å². The maximum Gasteiger partial charge on any atom is 0.349 e. The van der Waals surface area contributed by atoms with Crippen LogP contribution in [0.2, 0.25) is 5.02 Å². The molecule has 1 aromatic carbocycles. The fourth-order valence-electron chi connectivity index (χ4n) is 1.81. The standard InChI is InChI=1S/C18H16ClNO3/c1-3-12(2)22-18(21)14(11-20)10-16-8-9-17(23-16)13-4-6-15(19)7-5-13/h4-10,12H,3H2,1-2H3/b14-10+/t12-/m1/s1. The van der Waals surface area contributed by atoms with Gasteiger partial charge < -0.3 is 9.15 Å². The van der Waals surface area contributed by atoms with Crippen molar-refractivity contribution in [2.45, 2.75) is 26.4 Å². The number of furan rings is 1. The number of benzene rings is 1. The number of hydrogen-bond donors (Lipinski definition) is 0. The summed E-state index contributed by atoms with van der Waals surface area (Å²) < 4.78 is 10.8. The lowest BCUT2D eigenvalue weighted by Crippen LogP contribution is -2.15. The minimum absolute atomic E-state index is 0.0951. The first kappa shape index (κ1) is 16.9. The van der Waals surface area contributed by atoms with Crippen LogP contribution >= 0.6 is 11.6 Å². The number of nitrogens with zero attached hydrogens (tertiary/aromatic N) is 1. The molecule has 23 heavy (non-hydrogen) atoms. The summed E-state index contributed by atoms with van der Waals surface area (Å²) in [7, 11) is 0. The summed E-state index contributed by atoms with van der Waals surface area (Å²) in [5.41, 5.74) is 0.761. The van der Waals surface area contributed by atoms with Gasteiger partial charge in [0.2, 0.25) is 0 Å². The summed E-state index contributed by atoms with van der Waals surface area (Å²) in [5, 5.41) is 9.76. The van der Waals surface area contributed by atoms with Gasteiger partial charge in [0, 0.05) is 16.7 Å². The van der Waals surface area contributed by atoms with Crippen molar-refractivity contribution in [1.82, 2.24) is 0 Å². The summed E-state index contributed by atoms with van der Waals surface area (Å²) in [6, 6.07) is 12.5. The Bertz CT molecular complexity index is 753. The van der Waals surface area contributed by atoms with Crippen LogP contribution in [0.5, 0.6) is 0 Å². The van der Waals surface area contributed by atoms with E-state index in [-0.39, 0.29) is 11.7 Å². The molecule has 2 rings (SSSR count). The van der Waals surface area contributed by atoms with E-state index >= 15 is 0 Å². The van der Waals surface area contributed by atoms with Crippen LogP contribution in [0.4, 0.5) is 0 Å². The van der Waals surface area contributed by atoms with Crippen LogP contribution in [-0.4, -0.2) is 12.1 Å². The minimum atomic E-state index is -0.647. The Hall–Kier alpha value is -2.51. The largest absolute Gasteiger partial charge is 0.459 e. The molecule has 0 aliphatic heterocycles. The van der Waals surface area contributed by atoms with Gasteiger partial charge in [0.15, 0.2) is 0 Å². The molecular weight excluding hydrogens is 314 g/mol. The first-order valence-electron chi connectivity index (χ1n) is 7.22. The molecule has 0 radical (unpaired) electrons. The van der Waals surface area contributed by atoms with E-state index in [0.717, 1.165) is 5.56 Å². The highest BCUT2D eigenvalue weighted by Gasteiger charge is 2.15. The van der Waals surface area contributed by atoms with Crippen LogP contribution in [0.3, 0.4) is 0 Å². The van der Waals surface area contributed by atoms with E-state index in [1.54, 1.807) is 31.2 Å². The molecule has 0 aliphatic carbocycles. The van der Waals surface area contributed by atoms with E-state index in [2.05, 4.69) is 0 Å². The molecule has 5 heteroatoms. The highest BCUT2D eigenvalue weighted by atomic mass is 35.5. The van der Waals surface area contributed by atoms with Gasteiger partial charge in [-0.25, -0.2) is 4.79 Å². The molecule has 0 amide bonds. The minimum Gasteiger partial charge on any atom is -0.459 e. The molecule has 1 aromatic heterocycles.